The average molecular weight is 378 g/mol. The van der Waals surface area contributed by atoms with Gasteiger partial charge in [-0.15, -0.1) is 0 Å². The van der Waals surface area contributed by atoms with Crippen LogP contribution >= 0.6 is 0 Å². The van der Waals surface area contributed by atoms with Crippen molar-refractivity contribution in [3.63, 3.8) is 0 Å². The van der Waals surface area contributed by atoms with Crippen LogP contribution in [0.3, 0.4) is 0 Å². The molecular formula is C23H26N2O3. The number of fused-ring (bicyclic) bond motifs is 1. The minimum atomic E-state index is -0.190. The van der Waals surface area contributed by atoms with E-state index >= 15 is 0 Å². The number of hydrogen-bond donors (Lipinski definition) is 0. The molecule has 1 fully saturated rings. The van der Waals surface area contributed by atoms with Crippen LogP contribution < -0.4 is 4.74 Å². The fourth-order valence-electron chi connectivity index (χ4n) is 3.93. The topological polar surface area (TPSA) is 53.4 Å². The Hall–Kier alpha value is -2.82. The Morgan fingerprint density at radius 3 is 2.79 bits per heavy atom. The first kappa shape index (κ1) is 18.5. The molecular weight excluding hydrogens is 352 g/mol. The molecule has 0 aliphatic heterocycles. The molecule has 2 aromatic carbocycles. The highest BCUT2D eigenvalue weighted by Crippen LogP contribution is 2.35. The molecule has 3 aromatic rings. The highest BCUT2D eigenvalue weighted by atomic mass is 16.5. The summed E-state index contributed by atoms with van der Waals surface area (Å²) < 4.78 is 13.0. The Morgan fingerprint density at radius 1 is 1.18 bits per heavy atom. The number of esters is 1. The lowest BCUT2D eigenvalue weighted by atomic mass is 9.98. The molecule has 146 valence electrons. The van der Waals surface area contributed by atoms with Crippen molar-refractivity contribution in [2.45, 2.75) is 44.6 Å². The Bertz CT molecular complexity index is 987. The quantitative estimate of drug-likeness (QED) is 0.585. The first-order valence-corrected chi connectivity index (χ1v) is 9.92. The zero-order valence-electron chi connectivity index (χ0n) is 16.5. The van der Waals surface area contributed by atoms with E-state index in [4.69, 9.17) is 9.47 Å². The van der Waals surface area contributed by atoms with Gasteiger partial charge in [-0.2, -0.15) is 5.10 Å². The minimum absolute atomic E-state index is 0.190. The molecule has 0 amide bonds. The summed E-state index contributed by atoms with van der Waals surface area (Å²) in [4.78, 5) is 11.5. The van der Waals surface area contributed by atoms with Crippen molar-refractivity contribution in [1.82, 2.24) is 9.78 Å². The number of methoxy groups -OCH3 is 1. The van der Waals surface area contributed by atoms with Gasteiger partial charge in [0.05, 0.1) is 24.9 Å². The summed E-state index contributed by atoms with van der Waals surface area (Å²) in [5.74, 6) is 0.724. The van der Waals surface area contributed by atoms with Crippen molar-refractivity contribution in [3.05, 3.63) is 48.2 Å². The molecule has 1 saturated carbocycles. The number of benzene rings is 2. The number of carbonyl (C=O) groups is 1. The fraction of sp³-hybridized carbons (Fsp3) is 0.391. The van der Waals surface area contributed by atoms with Gasteiger partial charge in [0.2, 0.25) is 0 Å². The summed E-state index contributed by atoms with van der Waals surface area (Å²) in [5, 5.41) is 5.45. The Balaban J connectivity index is 1.69. The van der Waals surface area contributed by atoms with Crippen molar-refractivity contribution in [2.75, 3.05) is 7.11 Å². The van der Waals surface area contributed by atoms with E-state index in [0.29, 0.717) is 18.9 Å². The summed E-state index contributed by atoms with van der Waals surface area (Å²) in [6.45, 7) is 0. The van der Waals surface area contributed by atoms with E-state index in [1.807, 2.05) is 24.0 Å². The molecule has 0 spiro atoms. The fourth-order valence-corrected chi connectivity index (χ4v) is 3.93. The average Bonchev–Trinajstić information content (AvgIpc) is 3.36. The molecule has 0 radical (unpaired) electrons. The van der Waals surface area contributed by atoms with Gasteiger partial charge in [-0.1, -0.05) is 12.1 Å². The third-order valence-corrected chi connectivity index (χ3v) is 5.54. The van der Waals surface area contributed by atoms with E-state index in [-0.39, 0.29) is 5.97 Å². The van der Waals surface area contributed by atoms with Gasteiger partial charge in [0, 0.05) is 24.4 Å². The van der Waals surface area contributed by atoms with Gasteiger partial charge < -0.3 is 9.47 Å². The molecule has 1 aliphatic carbocycles. The smallest absolute Gasteiger partial charge is 0.305 e. The summed E-state index contributed by atoms with van der Waals surface area (Å²) in [7, 11) is 3.37. The molecule has 28 heavy (non-hydrogen) atoms. The second kappa shape index (κ2) is 8.05. The third kappa shape index (κ3) is 3.88. The van der Waals surface area contributed by atoms with Crippen LogP contribution in [0, 0.1) is 0 Å². The van der Waals surface area contributed by atoms with Gasteiger partial charge in [0.25, 0.3) is 0 Å². The second-order valence-electron chi connectivity index (χ2n) is 7.47. The monoisotopic (exact) mass is 378 g/mol. The third-order valence-electron chi connectivity index (χ3n) is 5.54. The van der Waals surface area contributed by atoms with Crippen LogP contribution in [0.4, 0.5) is 0 Å². The number of aryl methyl sites for hydroxylation is 2. The summed E-state index contributed by atoms with van der Waals surface area (Å²) in [6, 6.07) is 12.6. The predicted octanol–water partition coefficient (Wildman–Crippen LogP) is 4.67. The predicted molar refractivity (Wildman–Crippen MR) is 109 cm³/mol. The SMILES string of the molecule is COC(=O)CCc1ccc(OC2CCCC2)c(-c2ccc3c(cnn3C)c2)c1. The molecule has 1 aromatic heterocycles. The van der Waals surface area contributed by atoms with E-state index in [9.17, 15) is 4.79 Å². The van der Waals surface area contributed by atoms with Crippen LogP contribution in [0.1, 0.15) is 37.7 Å². The van der Waals surface area contributed by atoms with Crippen LogP contribution in [0.15, 0.2) is 42.6 Å². The molecule has 1 aliphatic rings. The number of aromatic nitrogens is 2. The molecule has 4 rings (SSSR count). The molecule has 0 N–H and O–H groups in total. The van der Waals surface area contributed by atoms with E-state index < -0.39 is 0 Å². The molecule has 0 atom stereocenters. The number of nitrogens with zero attached hydrogens (tertiary/aromatic N) is 2. The molecule has 0 unspecified atom stereocenters. The minimum Gasteiger partial charge on any atom is -0.490 e. The lowest BCUT2D eigenvalue weighted by Gasteiger charge is -2.18. The van der Waals surface area contributed by atoms with Crippen LogP contribution in [-0.4, -0.2) is 29.0 Å². The van der Waals surface area contributed by atoms with E-state index in [1.54, 1.807) is 0 Å². The zero-order valence-corrected chi connectivity index (χ0v) is 16.5. The van der Waals surface area contributed by atoms with E-state index in [0.717, 1.165) is 46.2 Å². The maximum Gasteiger partial charge on any atom is 0.305 e. The molecule has 5 nitrogen and oxygen atoms in total. The molecule has 5 heteroatoms. The van der Waals surface area contributed by atoms with E-state index in [2.05, 4.69) is 35.4 Å². The van der Waals surface area contributed by atoms with Crippen LogP contribution in [0.25, 0.3) is 22.0 Å². The molecule has 0 bridgehead atoms. The number of carbonyl (C=O) groups excluding carboxylic acids is 1. The van der Waals surface area contributed by atoms with Crippen molar-refractivity contribution in [1.29, 1.82) is 0 Å². The maximum atomic E-state index is 11.5. The van der Waals surface area contributed by atoms with Crippen molar-refractivity contribution in [2.24, 2.45) is 7.05 Å². The summed E-state index contributed by atoms with van der Waals surface area (Å²) in [6.07, 6.45) is 7.91. The van der Waals surface area contributed by atoms with Gasteiger partial charge in [-0.3, -0.25) is 9.48 Å². The normalized spacial score (nSPS) is 14.5. The van der Waals surface area contributed by atoms with Gasteiger partial charge >= 0.3 is 5.97 Å². The van der Waals surface area contributed by atoms with Gasteiger partial charge in [-0.05, 0) is 67.5 Å². The summed E-state index contributed by atoms with van der Waals surface area (Å²) >= 11 is 0. The van der Waals surface area contributed by atoms with Crippen LogP contribution in [-0.2, 0) is 23.0 Å². The highest BCUT2D eigenvalue weighted by Gasteiger charge is 2.19. The largest absolute Gasteiger partial charge is 0.490 e. The highest BCUT2D eigenvalue weighted by molar-refractivity contribution is 5.86. The number of rotatable bonds is 6. The number of hydrogen-bond acceptors (Lipinski definition) is 4. The Morgan fingerprint density at radius 2 is 2.00 bits per heavy atom. The maximum absolute atomic E-state index is 11.5. The lowest BCUT2D eigenvalue weighted by Crippen LogP contribution is -2.11. The first-order chi connectivity index (χ1) is 13.6. The standard InChI is InChI=1S/C23H26N2O3/c1-25-21-10-9-17(14-18(21)15-24-25)20-13-16(8-12-23(26)27-2)7-11-22(20)28-19-5-3-4-6-19/h7,9-11,13-15,19H,3-6,8,12H2,1-2H3. The van der Waals surface area contributed by atoms with Gasteiger partial charge in [0.15, 0.2) is 0 Å². The van der Waals surface area contributed by atoms with Crippen LogP contribution in [0.5, 0.6) is 5.75 Å². The Labute approximate surface area is 165 Å². The lowest BCUT2D eigenvalue weighted by molar-refractivity contribution is -0.140. The zero-order chi connectivity index (χ0) is 19.5. The Kier molecular flexibility index (Phi) is 5.33. The summed E-state index contributed by atoms with van der Waals surface area (Å²) in [5.41, 5.74) is 4.38. The van der Waals surface area contributed by atoms with Crippen molar-refractivity contribution in [3.8, 4) is 16.9 Å². The van der Waals surface area contributed by atoms with Crippen molar-refractivity contribution < 1.29 is 14.3 Å². The first-order valence-electron chi connectivity index (χ1n) is 9.92. The second-order valence-corrected chi connectivity index (χ2v) is 7.47. The molecule has 0 saturated heterocycles. The molecule has 1 heterocycles. The van der Waals surface area contributed by atoms with E-state index in [1.165, 1.54) is 20.0 Å². The number of ether oxygens (including phenoxy) is 2. The van der Waals surface area contributed by atoms with Crippen molar-refractivity contribution >= 4 is 16.9 Å². The van der Waals surface area contributed by atoms with Gasteiger partial charge in [-0.25, -0.2) is 0 Å². The van der Waals surface area contributed by atoms with Crippen LogP contribution in [0.2, 0.25) is 0 Å². The van der Waals surface area contributed by atoms with Gasteiger partial charge in [0.1, 0.15) is 5.75 Å².